The van der Waals surface area contributed by atoms with Crippen molar-refractivity contribution < 1.29 is 36.6 Å². The topological polar surface area (TPSA) is 63.6 Å². The largest absolute Gasteiger partial charge is 0.497 e. The number of aliphatic imine (C=N–C) groups is 1. The van der Waals surface area contributed by atoms with Gasteiger partial charge in [0.05, 0.1) is 45.0 Å². The van der Waals surface area contributed by atoms with E-state index in [0.29, 0.717) is 31.5 Å². The van der Waals surface area contributed by atoms with Crippen molar-refractivity contribution in [3.8, 4) is 11.5 Å². The van der Waals surface area contributed by atoms with Crippen LogP contribution < -0.4 is 14.4 Å². The van der Waals surface area contributed by atoms with E-state index >= 15 is 4.39 Å². The molecule has 0 N–H and O–H groups in total. The summed E-state index contributed by atoms with van der Waals surface area (Å²) in [6, 6.07) is 14.5. The van der Waals surface area contributed by atoms with Crippen LogP contribution in [0.5, 0.6) is 11.5 Å². The lowest BCUT2D eigenvalue weighted by atomic mass is 9.89. The van der Waals surface area contributed by atoms with Crippen molar-refractivity contribution in [1.82, 2.24) is 4.90 Å². The summed E-state index contributed by atoms with van der Waals surface area (Å²) in [6.07, 6.45) is -3.46. The summed E-state index contributed by atoms with van der Waals surface area (Å²) >= 11 is 0. The van der Waals surface area contributed by atoms with Crippen LogP contribution in [-0.2, 0) is 15.7 Å². The van der Waals surface area contributed by atoms with Gasteiger partial charge in [0.25, 0.3) is 0 Å². The molecular formula is C31H31F4N3O4. The average Bonchev–Trinajstić information content (AvgIpc) is 3.00. The van der Waals surface area contributed by atoms with Gasteiger partial charge in [-0.3, -0.25) is 4.79 Å². The first kappa shape index (κ1) is 29.2. The molecule has 0 aliphatic carbocycles. The number of anilines is 1. The van der Waals surface area contributed by atoms with Crippen LogP contribution in [0.4, 0.5) is 28.9 Å². The number of nitrogens with zero attached hydrogens (tertiary/aromatic N) is 3. The molecule has 0 saturated carbocycles. The van der Waals surface area contributed by atoms with E-state index in [1.54, 1.807) is 18.1 Å². The minimum atomic E-state index is -4.63. The van der Waals surface area contributed by atoms with Crippen molar-refractivity contribution in [2.75, 3.05) is 39.3 Å². The molecule has 2 aliphatic heterocycles. The average molecular weight is 586 g/mol. The van der Waals surface area contributed by atoms with Crippen molar-refractivity contribution >= 4 is 23.3 Å². The van der Waals surface area contributed by atoms with Crippen LogP contribution in [0.2, 0.25) is 0 Å². The number of esters is 1. The highest BCUT2D eigenvalue weighted by Gasteiger charge is 2.40. The van der Waals surface area contributed by atoms with Gasteiger partial charge in [-0.2, -0.15) is 13.2 Å². The number of carbonyl (C=O) groups excluding carboxylic acids is 1. The maximum absolute atomic E-state index is 15.2. The number of alkyl halides is 3. The zero-order valence-electron chi connectivity index (χ0n) is 23.5. The molecule has 3 aromatic rings. The Bertz CT molecular complexity index is 1490. The third-order valence-corrected chi connectivity index (χ3v) is 7.81. The molecule has 1 fully saturated rings. The number of ether oxygens (including phenoxy) is 3. The number of carbonyl (C=O) groups is 1. The zero-order valence-corrected chi connectivity index (χ0v) is 23.5. The second-order valence-electron chi connectivity index (χ2n) is 10.2. The van der Waals surface area contributed by atoms with Gasteiger partial charge in [-0.25, -0.2) is 9.38 Å². The Morgan fingerprint density at radius 1 is 0.976 bits per heavy atom. The molecule has 1 saturated heterocycles. The number of hydrogen-bond acceptors (Lipinski definition) is 7. The molecule has 2 heterocycles. The molecule has 0 radical (unpaired) electrons. The van der Waals surface area contributed by atoms with Crippen molar-refractivity contribution in [1.29, 1.82) is 0 Å². The Kier molecular flexibility index (Phi) is 8.29. The number of benzene rings is 3. The van der Waals surface area contributed by atoms with E-state index in [2.05, 4.69) is 4.99 Å². The Morgan fingerprint density at radius 3 is 2.38 bits per heavy atom. The quantitative estimate of drug-likeness (QED) is 0.233. The summed E-state index contributed by atoms with van der Waals surface area (Å²) in [5, 5.41) is 0. The first-order valence-corrected chi connectivity index (χ1v) is 13.5. The summed E-state index contributed by atoms with van der Waals surface area (Å²) in [7, 11) is 4.20. The van der Waals surface area contributed by atoms with Gasteiger partial charge in [0.15, 0.2) is 0 Å². The van der Waals surface area contributed by atoms with Crippen molar-refractivity contribution in [2.45, 2.75) is 37.4 Å². The van der Waals surface area contributed by atoms with Crippen LogP contribution in [0.15, 0.2) is 65.7 Å². The molecule has 0 spiro atoms. The molecular weight excluding hydrogens is 554 g/mol. The van der Waals surface area contributed by atoms with E-state index < -0.39 is 29.6 Å². The predicted octanol–water partition coefficient (Wildman–Crippen LogP) is 6.85. The number of fused-ring (bicyclic) bond motifs is 1. The molecule has 2 aliphatic rings. The standard InChI is InChI=1S/C31H31F4N3O4/c1-40-22-7-4-6-20(16-22)19-12-14-37(15-13-19)30-36-29-23(8-5-9-24(29)32)25(18-28(39)42-3)38(30)26-17-21(31(33,34)35)10-11-27(26)41-2/h4-11,16-17,19,25H,12-15,18H2,1-3H3. The molecule has 5 rings (SSSR count). The van der Waals surface area contributed by atoms with Crippen LogP contribution in [0.1, 0.15) is 47.9 Å². The van der Waals surface area contributed by atoms with Crippen LogP contribution in [0.25, 0.3) is 0 Å². The fraction of sp³-hybridized carbons (Fsp3) is 0.355. The Balaban J connectivity index is 1.61. The highest BCUT2D eigenvalue weighted by Crippen LogP contribution is 2.46. The van der Waals surface area contributed by atoms with Gasteiger partial charge in [0, 0.05) is 18.7 Å². The summed E-state index contributed by atoms with van der Waals surface area (Å²) in [5.41, 5.74) is 0.686. The Morgan fingerprint density at radius 2 is 1.71 bits per heavy atom. The highest BCUT2D eigenvalue weighted by atomic mass is 19.4. The summed E-state index contributed by atoms with van der Waals surface area (Å²) in [5.74, 6) is 0.157. The molecule has 11 heteroatoms. The van der Waals surface area contributed by atoms with E-state index in [4.69, 9.17) is 14.2 Å². The molecule has 42 heavy (non-hydrogen) atoms. The SMILES string of the molecule is COC(=O)CC1c2cccc(F)c2N=C(N2CCC(c3cccc(OC)c3)CC2)N1c1cc(C(F)(F)F)ccc1OC. The van der Waals surface area contributed by atoms with Gasteiger partial charge in [-0.1, -0.05) is 24.3 Å². The van der Waals surface area contributed by atoms with Gasteiger partial charge >= 0.3 is 12.1 Å². The van der Waals surface area contributed by atoms with Crippen LogP contribution in [-0.4, -0.2) is 51.2 Å². The second kappa shape index (κ2) is 11.9. The second-order valence-corrected chi connectivity index (χ2v) is 10.2. The maximum Gasteiger partial charge on any atom is 0.416 e. The van der Waals surface area contributed by atoms with Crippen LogP contribution in [0, 0.1) is 5.82 Å². The fourth-order valence-electron chi connectivity index (χ4n) is 5.66. The van der Waals surface area contributed by atoms with E-state index in [0.717, 1.165) is 23.4 Å². The third kappa shape index (κ3) is 5.73. The Labute approximate surface area is 241 Å². The number of methoxy groups -OCH3 is 3. The van der Waals surface area contributed by atoms with E-state index in [1.807, 2.05) is 29.2 Å². The number of rotatable bonds is 6. The molecule has 1 unspecified atom stereocenters. The van der Waals surface area contributed by atoms with Gasteiger partial charge in [-0.05, 0) is 60.7 Å². The molecule has 0 bridgehead atoms. The number of halogens is 4. The molecule has 0 amide bonds. The third-order valence-electron chi connectivity index (χ3n) is 7.81. The minimum absolute atomic E-state index is 0.0403. The number of guanidine groups is 1. The maximum atomic E-state index is 15.2. The normalized spacial score (nSPS) is 17.4. The van der Waals surface area contributed by atoms with Crippen molar-refractivity contribution in [3.05, 3.63) is 83.2 Å². The van der Waals surface area contributed by atoms with E-state index in [9.17, 15) is 18.0 Å². The zero-order chi connectivity index (χ0) is 30.0. The van der Waals surface area contributed by atoms with Crippen molar-refractivity contribution in [3.63, 3.8) is 0 Å². The van der Waals surface area contributed by atoms with Crippen LogP contribution in [0.3, 0.4) is 0 Å². The molecule has 3 aromatic carbocycles. The van der Waals surface area contributed by atoms with Gasteiger partial charge in [0.2, 0.25) is 5.96 Å². The molecule has 0 aromatic heterocycles. The number of likely N-dealkylation sites (tertiary alicyclic amines) is 1. The first-order chi connectivity index (χ1) is 20.1. The number of para-hydroxylation sites is 1. The Hall–Kier alpha value is -4.28. The van der Waals surface area contributed by atoms with Crippen molar-refractivity contribution in [2.24, 2.45) is 4.99 Å². The predicted molar refractivity (Wildman–Crippen MR) is 150 cm³/mol. The van der Waals surface area contributed by atoms with Crippen LogP contribution >= 0.6 is 0 Å². The fourth-order valence-corrected chi connectivity index (χ4v) is 5.66. The lowest BCUT2D eigenvalue weighted by Crippen LogP contribution is -2.51. The minimum Gasteiger partial charge on any atom is -0.497 e. The number of piperidine rings is 1. The van der Waals surface area contributed by atoms with Gasteiger partial charge < -0.3 is 24.0 Å². The first-order valence-electron chi connectivity index (χ1n) is 13.5. The highest BCUT2D eigenvalue weighted by molar-refractivity contribution is 6.02. The number of hydrogen-bond donors (Lipinski definition) is 0. The summed E-state index contributed by atoms with van der Waals surface area (Å²) in [6.45, 7) is 0.987. The smallest absolute Gasteiger partial charge is 0.416 e. The molecule has 222 valence electrons. The molecule has 1 atom stereocenters. The monoisotopic (exact) mass is 585 g/mol. The lowest BCUT2D eigenvalue weighted by Gasteiger charge is -2.44. The van der Waals surface area contributed by atoms with Gasteiger partial charge in [0.1, 0.15) is 23.0 Å². The molecule has 7 nitrogen and oxygen atoms in total. The summed E-state index contributed by atoms with van der Waals surface area (Å²) < 4.78 is 72.7. The van der Waals surface area contributed by atoms with E-state index in [-0.39, 0.29) is 35.4 Å². The lowest BCUT2D eigenvalue weighted by molar-refractivity contribution is -0.141. The van der Waals surface area contributed by atoms with E-state index in [1.165, 1.54) is 32.4 Å². The van der Waals surface area contributed by atoms with Gasteiger partial charge in [-0.15, -0.1) is 0 Å². The summed E-state index contributed by atoms with van der Waals surface area (Å²) in [4.78, 5) is 20.8.